The maximum Gasteiger partial charge on any atom is 0.266 e. The minimum Gasteiger partial charge on any atom is -0.495 e. The van der Waals surface area contributed by atoms with Crippen LogP contribution in [0.15, 0.2) is 58.2 Å². The molecule has 1 N–H and O–H groups in total. The average molecular weight is 446 g/mol. The lowest BCUT2D eigenvalue weighted by Crippen LogP contribution is -2.28. The molecule has 1 aromatic heterocycles. The van der Waals surface area contributed by atoms with E-state index in [-0.39, 0.29) is 35.1 Å². The van der Waals surface area contributed by atoms with Gasteiger partial charge in [0.05, 0.1) is 12.8 Å². The van der Waals surface area contributed by atoms with E-state index in [1.807, 2.05) is 13.8 Å². The van der Waals surface area contributed by atoms with Gasteiger partial charge in [-0.25, -0.2) is 22.2 Å². The summed E-state index contributed by atoms with van der Waals surface area (Å²) in [6.45, 7) is 4.06. The summed E-state index contributed by atoms with van der Waals surface area (Å²) in [7, 11) is -2.35. The van der Waals surface area contributed by atoms with Gasteiger partial charge in [0.15, 0.2) is 0 Å². The molecule has 0 atom stereocenters. The summed E-state index contributed by atoms with van der Waals surface area (Å²) >= 11 is 0. The number of nitrogens with one attached hydrogen (secondary N) is 1. The normalized spacial score (nSPS) is 11.5. The number of aromatic nitrogens is 2. The first-order valence-corrected chi connectivity index (χ1v) is 11.2. The Morgan fingerprint density at radius 3 is 2.42 bits per heavy atom. The van der Waals surface area contributed by atoms with Crippen LogP contribution in [0.2, 0.25) is 0 Å². The molecule has 0 radical (unpaired) electrons. The van der Waals surface area contributed by atoms with E-state index < -0.39 is 10.0 Å². The second-order valence-corrected chi connectivity index (χ2v) is 8.86. The van der Waals surface area contributed by atoms with Crippen molar-refractivity contribution in [1.29, 1.82) is 0 Å². The molecule has 0 fully saturated rings. The molecule has 0 aliphatic heterocycles. The molecule has 2 aromatic carbocycles. The zero-order valence-electron chi connectivity index (χ0n) is 17.6. The van der Waals surface area contributed by atoms with Crippen LogP contribution in [0.4, 0.5) is 4.39 Å². The highest BCUT2D eigenvalue weighted by atomic mass is 32.2. The molecule has 0 spiro atoms. The number of rotatable bonds is 8. The van der Waals surface area contributed by atoms with Crippen LogP contribution in [0.3, 0.4) is 0 Å². The second kappa shape index (κ2) is 9.40. The van der Waals surface area contributed by atoms with Gasteiger partial charge in [-0.2, -0.15) is 5.10 Å². The third-order valence-corrected chi connectivity index (χ3v) is 6.40. The lowest BCUT2D eigenvalue weighted by molar-refractivity contribution is 0.401. The fourth-order valence-electron chi connectivity index (χ4n) is 3.03. The molecule has 1 heterocycles. The third kappa shape index (κ3) is 5.36. The summed E-state index contributed by atoms with van der Waals surface area (Å²) in [6.07, 6.45) is 0.353. The third-order valence-electron chi connectivity index (χ3n) is 4.91. The Labute approximate surface area is 180 Å². The second-order valence-electron chi connectivity index (χ2n) is 7.13. The topological polar surface area (TPSA) is 90.3 Å². The largest absolute Gasteiger partial charge is 0.495 e. The van der Waals surface area contributed by atoms with E-state index in [0.29, 0.717) is 17.7 Å². The predicted molar refractivity (Wildman–Crippen MR) is 116 cm³/mol. The lowest BCUT2D eigenvalue weighted by atomic mass is 10.1. The Morgan fingerprint density at radius 1 is 1.06 bits per heavy atom. The number of sulfonamides is 1. The van der Waals surface area contributed by atoms with Crippen LogP contribution in [0, 0.1) is 19.7 Å². The van der Waals surface area contributed by atoms with Crippen LogP contribution in [0.1, 0.15) is 17.5 Å². The molecule has 0 amide bonds. The number of hydrogen-bond donors (Lipinski definition) is 1. The maximum atomic E-state index is 13.1. The fourth-order valence-corrected chi connectivity index (χ4v) is 4.34. The highest BCUT2D eigenvalue weighted by molar-refractivity contribution is 7.89. The van der Waals surface area contributed by atoms with Crippen LogP contribution < -0.4 is 15.0 Å². The number of halogens is 1. The summed E-state index contributed by atoms with van der Waals surface area (Å²) in [5.41, 5.74) is 2.68. The molecule has 31 heavy (non-hydrogen) atoms. The van der Waals surface area contributed by atoms with E-state index in [1.165, 1.54) is 30.0 Å². The number of benzene rings is 2. The van der Waals surface area contributed by atoms with Gasteiger partial charge in [0, 0.05) is 24.7 Å². The van der Waals surface area contributed by atoms with Gasteiger partial charge in [0.2, 0.25) is 10.0 Å². The zero-order valence-corrected chi connectivity index (χ0v) is 18.4. The van der Waals surface area contributed by atoms with E-state index >= 15 is 0 Å². The van der Waals surface area contributed by atoms with Crippen molar-refractivity contribution in [2.45, 2.75) is 31.7 Å². The standard InChI is InChI=1S/C22H24FN3O4S/c1-15-13-20(30-3)21(14-16(15)2)31(28,29)24-11-4-12-26-22(27)10-9-19(25-26)17-5-7-18(23)8-6-17/h5-10,13-14,24H,4,11-12H2,1-3H3. The minimum atomic E-state index is -3.78. The van der Waals surface area contributed by atoms with E-state index in [9.17, 15) is 17.6 Å². The van der Waals surface area contributed by atoms with Crippen LogP contribution in [-0.2, 0) is 16.6 Å². The molecule has 9 heteroatoms. The van der Waals surface area contributed by atoms with Crippen molar-refractivity contribution in [3.63, 3.8) is 0 Å². The lowest BCUT2D eigenvalue weighted by Gasteiger charge is -2.13. The molecule has 0 aliphatic carbocycles. The van der Waals surface area contributed by atoms with Crippen molar-refractivity contribution in [2.24, 2.45) is 0 Å². The van der Waals surface area contributed by atoms with Crippen LogP contribution in [-0.4, -0.2) is 31.9 Å². The van der Waals surface area contributed by atoms with Gasteiger partial charge >= 0.3 is 0 Å². The van der Waals surface area contributed by atoms with Crippen molar-refractivity contribution < 1.29 is 17.5 Å². The Hall–Kier alpha value is -3.04. The molecule has 0 saturated heterocycles. The van der Waals surface area contributed by atoms with Crippen molar-refractivity contribution in [3.8, 4) is 17.0 Å². The number of aryl methyl sites for hydroxylation is 3. The van der Waals surface area contributed by atoms with Gasteiger partial charge in [-0.1, -0.05) is 0 Å². The van der Waals surface area contributed by atoms with Gasteiger partial charge in [-0.15, -0.1) is 0 Å². The average Bonchev–Trinajstić information content (AvgIpc) is 2.74. The molecule has 0 unspecified atom stereocenters. The quantitative estimate of drug-likeness (QED) is 0.538. The Morgan fingerprint density at radius 2 is 1.74 bits per heavy atom. The highest BCUT2D eigenvalue weighted by Crippen LogP contribution is 2.27. The van der Waals surface area contributed by atoms with Gasteiger partial charge in [-0.05, 0) is 73.9 Å². The molecule has 3 aromatic rings. The molecule has 0 aliphatic rings. The molecule has 7 nitrogen and oxygen atoms in total. The summed E-state index contributed by atoms with van der Waals surface area (Å²) in [6, 6.07) is 12.0. The van der Waals surface area contributed by atoms with Gasteiger partial charge in [0.25, 0.3) is 5.56 Å². The minimum absolute atomic E-state index is 0.0756. The van der Waals surface area contributed by atoms with Gasteiger partial charge in [0.1, 0.15) is 16.5 Å². The van der Waals surface area contributed by atoms with E-state index in [2.05, 4.69) is 9.82 Å². The summed E-state index contributed by atoms with van der Waals surface area (Å²) in [5, 5.41) is 4.30. The highest BCUT2D eigenvalue weighted by Gasteiger charge is 2.20. The fraction of sp³-hybridized carbons (Fsp3) is 0.273. The summed E-state index contributed by atoms with van der Waals surface area (Å²) < 4.78 is 47.6. The van der Waals surface area contributed by atoms with Crippen LogP contribution >= 0.6 is 0 Å². The monoisotopic (exact) mass is 445 g/mol. The first-order chi connectivity index (χ1) is 14.7. The van der Waals surface area contributed by atoms with Crippen molar-refractivity contribution in [1.82, 2.24) is 14.5 Å². The Bertz CT molecular complexity index is 1240. The van der Waals surface area contributed by atoms with Crippen molar-refractivity contribution in [3.05, 3.63) is 75.8 Å². The summed E-state index contributed by atoms with van der Waals surface area (Å²) in [5.74, 6) is -0.0785. The number of hydrogen-bond acceptors (Lipinski definition) is 5. The van der Waals surface area contributed by atoms with Crippen molar-refractivity contribution in [2.75, 3.05) is 13.7 Å². The maximum absolute atomic E-state index is 13.1. The summed E-state index contributed by atoms with van der Waals surface area (Å²) in [4.78, 5) is 12.2. The molecule has 0 saturated carbocycles. The van der Waals surface area contributed by atoms with Gasteiger partial charge in [-0.3, -0.25) is 4.79 Å². The number of methoxy groups -OCH3 is 1. The van der Waals surface area contributed by atoms with Crippen LogP contribution in [0.25, 0.3) is 11.3 Å². The first kappa shape index (κ1) is 22.6. The molecule has 0 bridgehead atoms. The van der Waals surface area contributed by atoms with Gasteiger partial charge < -0.3 is 4.74 Å². The zero-order chi connectivity index (χ0) is 22.6. The molecule has 164 valence electrons. The van der Waals surface area contributed by atoms with Crippen molar-refractivity contribution >= 4 is 10.0 Å². The van der Waals surface area contributed by atoms with E-state index in [1.54, 1.807) is 30.3 Å². The van der Waals surface area contributed by atoms with Crippen LogP contribution in [0.5, 0.6) is 5.75 Å². The number of ether oxygens (including phenoxy) is 1. The Balaban J connectivity index is 1.68. The molecule has 3 rings (SSSR count). The molecular weight excluding hydrogens is 421 g/mol. The Kier molecular flexibility index (Phi) is 6.87. The number of nitrogens with zero attached hydrogens (tertiary/aromatic N) is 2. The van der Waals surface area contributed by atoms with E-state index in [0.717, 1.165) is 11.1 Å². The predicted octanol–water partition coefficient (Wildman–Crippen LogP) is 3.04. The molecular formula is C22H24FN3O4S. The first-order valence-electron chi connectivity index (χ1n) is 9.70. The van der Waals surface area contributed by atoms with E-state index in [4.69, 9.17) is 4.74 Å². The SMILES string of the molecule is COc1cc(C)c(C)cc1S(=O)(=O)NCCCn1nc(-c2ccc(F)cc2)ccc1=O. The smallest absolute Gasteiger partial charge is 0.266 e.